The summed E-state index contributed by atoms with van der Waals surface area (Å²) in [6.07, 6.45) is 1.09. The number of alkyl halides is 2. The highest BCUT2D eigenvalue weighted by atomic mass is 35.5. The van der Waals surface area contributed by atoms with Crippen LogP contribution in [0.2, 0.25) is 0 Å². The minimum Gasteiger partial charge on any atom is -0.435 e. The molecule has 2 aromatic carbocycles. The highest BCUT2D eigenvalue weighted by Crippen LogP contribution is 2.24. The van der Waals surface area contributed by atoms with Gasteiger partial charge in [-0.15, -0.1) is 17.5 Å². The number of nitrogens with one attached hydrogen (secondary N) is 2. The molecule has 170 valence electrons. The molecule has 12 heteroatoms. The van der Waals surface area contributed by atoms with Crippen LogP contribution in [0.5, 0.6) is 5.75 Å². The molecule has 1 aliphatic rings. The molecule has 0 radical (unpaired) electrons. The molecule has 1 aromatic heterocycles. The Hall–Kier alpha value is -3.15. The third-order valence-corrected chi connectivity index (χ3v) is 4.59. The van der Waals surface area contributed by atoms with Gasteiger partial charge in [0.05, 0.1) is 30.3 Å². The molecule has 3 aromatic rings. The number of aromatic nitrogens is 3. The molecular weight excluding hydrogens is 451 g/mol. The van der Waals surface area contributed by atoms with Crippen molar-refractivity contribution < 1.29 is 27.4 Å². The molecular formula is C20H19ClF3N5O3. The molecule has 0 aliphatic carbocycles. The van der Waals surface area contributed by atoms with E-state index in [1.807, 2.05) is 0 Å². The lowest BCUT2D eigenvalue weighted by Crippen LogP contribution is -2.33. The molecule has 1 atom stereocenters. The number of carbonyl (C=O) groups is 1. The number of nitrogens with zero attached hydrogens (tertiary/aromatic N) is 3. The average molecular weight is 470 g/mol. The second-order valence-electron chi connectivity index (χ2n) is 6.68. The smallest absolute Gasteiger partial charge is 0.387 e. The van der Waals surface area contributed by atoms with E-state index >= 15 is 0 Å². The van der Waals surface area contributed by atoms with E-state index in [9.17, 15) is 18.0 Å². The van der Waals surface area contributed by atoms with E-state index in [1.54, 1.807) is 6.07 Å². The zero-order valence-electron chi connectivity index (χ0n) is 16.5. The van der Waals surface area contributed by atoms with Gasteiger partial charge >= 0.3 is 6.61 Å². The molecule has 32 heavy (non-hydrogen) atoms. The van der Waals surface area contributed by atoms with Crippen molar-refractivity contribution in [1.82, 2.24) is 20.3 Å². The Labute approximate surface area is 187 Å². The first kappa shape index (κ1) is 23.5. The molecule has 2 heterocycles. The summed E-state index contributed by atoms with van der Waals surface area (Å²) < 4.78 is 50.1. The van der Waals surface area contributed by atoms with Crippen molar-refractivity contribution in [3.8, 4) is 11.4 Å². The van der Waals surface area contributed by atoms with Crippen molar-refractivity contribution in [3.05, 3.63) is 65.7 Å². The Balaban J connectivity index is 0.00000289. The number of halogens is 4. The maximum atomic E-state index is 14.5. The van der Waals surface area contributed by atoms with Gasteiger partial charge in [0.2, 0.25) is 0 Å². The predicted octanol–water partition coefficient (Wildman–Crippen LogP) is 3.34. The van der Waals surface area contributed by atoms with Crippen LogP contribution in [0.25, 0.3) is 5.69 Å². The average Bonchev–Trinajstić information content (AvgIpc) is 3.26. The van der Waals surface area contributed by atoms with E-state index in [2.05, 4.69) is 25.7 Å². The summed E-state index contributed by atoms with van der Waals surface area (Å²) in [6, 6.07) is 10.1. The number of rotatable bonds is 6. The molecule has 8 nitrogen and oxygen atoms in total. The maximum Gasteiger partial charge on any atom is 0.387 e. The molecule has 1 saturated heterocycles. The van der Waals surface area contributed by atoms with Crippen molar-refractivity contribution in [2.24, 2.45) is 0 Å². The number of morpholine rings is 1. The minimum absolute atomic E-state index is 0. The zero-order valence-corrected chi connectivity index (χ0v) is 17.3. The first-order valence-corrected chi connectivity index (χ1v) is 9.40. The summed E-state index contributed by atoms with van der Waals surface area (Å²) in [5.74, 6) is -1.25. The van der Waals surface area contributed by atoms with Gasteiger partial charge in [-0.2, -0.15) is 8.78 Å². The Kier molecular flexibility index (Phi) is 7.67. The number of hydrogen-bond acceptors (Lipinski definition) is 6. The summed E-state index contributed by atoms with van der Waals surface area (Å²) >= 11 is 0. The lowest BCUT2D eigenvalue weighted by atomic mass is 10.1. The van der Waals surface area contributed by atoms with Crippen molar-refractivity contribution in [2.45, 2.75) is 12.7 Å². The molecule has 1 fully saturated rings. The van der Waals surface area contributed by atoms with Crippen LogP contribution in [-0.4, -0.2) is 47.2 Å². The largest absolute Gasteiger partial charge is 0.435 e. The van der Waals surface area contributed by atoms with Gasteiger partial charge in [0.15, 0.2) is 5.69 Å². The van der Waals surface area contributed by atoms with Crippen LogP contribution in [0.15, 0.2) is 48.7 Å². The van der Waals surface area contributed by atoms with Crippen LogP contribution in [0.3, 0.4) is 0 Å². The third kappa shape index (κ3) is 5.55. The van der Waals surface area contributed by atoms with E-state index in [0.29, 0.717) is 24.4 Å². The fourth-order valence-corrected chi connectivity index (χ4v) is 3.07. The third-order valence-electron chi connectivity index (χ3n) is 4.59. The topological polar surface area (TPSA) is 90.3 Å². The van der Waals surface area contributed by atoms with Crippen LogP contribution in [-0.2, 0) is 4.74 Å². The predicted molar refractivity (Wildman–Crippen MR) is 111 cm³/mol. The molecule has 1 amide bonds. The Morgan fingerprint density at radius 2 is 2.03 bits per heavy atom. The van der Waals surface area contributed by atoms with Gasteiger partial charge in [-0.1, -0.05) is 11.3 Å². The number of amides is 1. The van der Waals surface area contributed by atoms with Crippen LogP contribution in [0, 0.1) is 5.82 Å². The van der Waals surface area contributed by atoms with E-state index in [-0.39, 0.29) is 35.6 Å². The van der Waals surface area contributed by atoms with Crippen molar-refractivity contribution in [1.29, 1.82) is 0 Å². The van der Waals surface area contributed by atoms with Gasteiger partial charge < -0.3 is 20.1 Å². The van der Waals surface area contributed by atoms with Crippen LogP contribution < -0.4 is 15.4 Å². The first-order valence-electron chi connectivity index (χ1n) is 9.40. The number of hydrogen-bond donors (Lipinski definition) is 2. The summed E-state index contributed by atoms with van der Waals surface area (Å²) in [4.78, 5) is 12.4. The quantitative estimate of drug-likeness (QED) is 0.575. The number of ether oxygens (including phenoxy) is 2. The van der Waals surface area contributed by atoms with E-state index in [0.717, 1.165) is 6.54 Å². The van der Waals surface area contributed by atoms with E-state index in [4.69, 9.17) is 4.74 Å². The van der Waals surface area contributed by atoms with Crippen molar-refractivity contribution >= 4 is 24.0 Å². The zero-order chi connectivity index (χ0) is 21.8. The first-order chi connectivity index (χ1) is 15.0. The monoisotopic (exact) mass is 469 g/mol. The van der Waals surface area contributed by atoms with E-state index < -0.39 is 18.3 Å². The fraction of sp³-hybridized carbons (Fsp3) is 0.250. The van der Waals surface area contributed by atoms with Crippen LogP contribution in [0.1, 0.15) is 22.2 Å². The highest BCUT2D eigenvalue weighted by molar-refractivity contribution is 6.02. The number of carbonyl (C=O) groups excluding carboxylic acids is 1. The number of benzene rings is 2. The summed E-state index contributed by atoms with van der Waals surface area (Å²) in [5.41, 5.74) is 1.11. The lowest BCUT2D eigenvalue weighted by Gasteiger charge is -2.24. The molecule has 1 aliphatic heterocycles. The van der Waals surface area contributed by atoms with Crippen LogP contribution in [0.4, 0.5) is 18.9 Å². The molecule has 4 rings (SSSR count). The Bertz CT molecular complexity index is 1060. The van der Waals surface area contributed by atoms with E-state index in [1.165, 1.54) is 47.3 Å². The lowest BCUT2D eigenvalue weighted by molar-refractivity contribution is -0.0498. The van der Waals surface area contributed by atoms with Gasteiger partial charge in [0.25, 0.3) is 5.91 Å². The summed E-state index contributed by atoms with van der Waals surface area (Å²) in [7, 11) is 0. The Morgan fingerprint density at radius 3 is 2.69 bits per heavy atom. The van der Waals surface area contributed by atoms with Gasteiger partial charge in [-0.05, 0) is 42.0 Å². The van der Waals surface area contributed by atoms with Gasteiger partial charge in [0.1, 0.15) is 11.6 Å². The van der Waals surface area contributed by atoms with Gasteiger partial charge in [-0.3, -0.25) is 4.79 Å². The molecule has 0 unspecified atom stereocenters. The van der Waals surface area contributed by atoms with Gasteiger partial charge in [-0.25, -0.2) is 9.07 Å². The standard InChI is InChI=1S/C20H18F3N5O3.ClH/c21-15-9-12(18-10-24-7-8-30-18)1-6-16(15)25-19(29)17-11-28(27-26-17)13-2-4-14(5-3-13)31-20(22)23;/h1-6,9,11,18,20,24H,7-8,10H2,(H,25,29);1H/t18-;/m1./s1. The summed E-state index contributed by atoms with van der Waals surface area (Å²) in [6.45, 7) is -1.04. The van der Waals surface area contributed by atoms with Crippen LogP contribution >= 0.6 is 12.4 Å². The highest BCUT2D eigenvalue weighted by Gasteiger charge is 2.19. The van der Waals surface area contributed by atoms with Crippen molar-refractivity contribution in [3.63, 3.8) is 0 Å². The van der Waals surface area contributed by atoms with Gasteiger partial charge in [0, 0.05) is 13.1 Å². The summed E-state index contributed by atoms with van der Waals surface area (Å²) in [5, 5.41) is 13.3. The molecule has 0 saturated carbocycles. The van der Waals surface area contributed by atoms with Crippen molar-refractivity contribution in [2.75, 3.05) is 25.0 Å². The fourth-order valence-electron chi connectivity index (χ4n) is 3.07. The Morgan fingerprint density at radius 1 is 1.25 bits per heavy atom. The second-order valence-corrected chi connectivity index (χ2v) is 6.68. The SMILES string of the molecule is Cl.O=C(Nc1ccc([C@H]2CNCCO2)cc1F)c1cn(-c2ccc(OC(F)F)cc2)nn1. The molecule has 0 spiro atoms. The maximum absolute atomic E-state index is 14.5. The number of anilines is 1. The molecule has 0 bridgehead atoms. The minimum atomic E-state index is -2.92. The molecule has 2 N–H and O–H groups in total. The normalized spacial score (nSPS) is 15.8. The second kappa shape index (κ2) is 10.4.